The number of benzene rings is 1. The van der Waals surface area contributed by atoms with Crippen molar-refractivity contribution in [1.82, 2.24) is 5.32 Å². The summed E-state index contributed by atoms with van der Waals surface area (Å²) in [5.74, 6) is -0.683. The number of nitrogens with one attached hydrogen (secondary N) is 1. The van der Waals surface area contributed by atoms with Gasteiger partial charge in [-0.1, -0.05) is 54.9 Å². The van der Waals surface area contributed by atoms with Crippen molar-refractivity contribution in [3.05, 3.63) is 56.8 Å². The molecule has 1 heterocycles. The lowest BCUT2D eigenvalue weighted by Gasteiger charge is -2.39. The van der Waals surface area contributed by atoms with Gasteiger partial charge in [0.25, 0.3) is 0 Å². The molecule has 0 saturated heterocycles. The Morgan fingerprint density at radius 1 is 1.32 bits per heavy atom. The Labute approximate surface area is 175 Å². The van der Waals surface area contributed by atoms with Gasteiger partial charge in [-0.2, -0.15) is 0 Å². The van der Waals surface area contributed by atoms with Gasteiger partial charge >= 0.3 is 5.97 Å². The van der Waals surface area contributed by atoms with Crippen LogP contribution in [0.2, 0.25) is 0 Å². The number of Topliss-reactive ketones (excluding diaryl/α,β-unsaturated/α-hetero) is 1. The largest absolute Gasteiger partial charge is 0.459 e. The third kappa shape index (κ3) is 3.95. The van der Waals surface area contributed by atoms with Gasteiger partial charge < -0.3 is 10.1 Å². The Morgan fingerprint density at radius 2 is 2.00 bits per heavy atom. The first kappa shape index (κ1) is 20.8. The van der Waals surface area contributed by atoms with Crippen molar-refractivity contribution in [2.24, 2.45) is 5.41 Å². The number of rotatable bonds is 4. The summed E-state index contributed by atoms with van der Waals surface area (Å²) in [4.78, 5) is 26.3. The zero-order valence-electron chi connectivity index (χ0n) is 17.2. The van der Waals surface area contributed by atoms with Gasteiger partial charge in [0.05, 0.1) is 11.7 Å². The monoisotopic (exact) mass is 445 g/mol. The Kier molecular flexibility index (Phi) is 5.85. The number of ketones is 1. The molecule has 0 aromatic heterocycles. The minimum absolute atomic E-state index is 0.0980. The Hall–Kier alpha value is -1.88. The summed E-state index contributed by atoms with van der Waals surface area (Å²) >= 11 is 3.62. The molecular formula is C23H28BrNO3. The normalized spacial score (nSPS) is 22.5. The summed E-state index contributed by atoms with van der Waals surface area (Å²) in [6.07, 6.45) is 1.82. The number of esters is 1. The Balaban J connectivity index is 2.16. The summed E-state index contributed by atoms with van der Waals surface area (Å²) < 4.78 is 6.55. The topological polar surface area (TPSA) is 55.4 Å². The molecule has 3 rings (SSSR count). The number of carbonyl (C=O) groups excluding carboxylic acids is 2. The maximum absolute atomic E-state index is 13.2. The number of allylic oxidation sites excluding steroid dienone is 3. The number of hydrogen-bond acceptors (Lipinski definition) is 4. The van der Waals surface area contributed by atoms with Crippen molar-refractivity contribution in [2.75, 3.05) is 0 Å². The van der Waals surface area contributed by atoms with E-state index >= 15 is 0 Å². The second kappa shape index (κ2) is 7.86. The summed E-state index contributed by atoms with van der Waals surface area (Å²) in [7, 11) is 0. The van der Waals surface area contributed by atoms with Crippen molar-refractivity contribution in [3.63, 3.8) is 0 Å². The second-order valence-corrected chi connectivity index (χ2v) is 9.43. The van der Waals surface area contributed by atoms with Crippen LogP contribution in [0, 0.1) is 5.41 Å². The number of dihydropyridines is 1. The molecule has 4 nitrogen and oxygen atoms in total. The van der Waals surface area contributed by atoms with E-state index in [0.717, 1.165) is 34.3 Å². The van der Waals surface area contributed by atoms with Crippen molar-refractivity contribution < 1.29 is 14.3 Å². The number of ether oxygens (including phenoxy) is 1. The van der Waals surface area contributed by atoms with Crippen LogP contribution in [0.3, 0.4) is 0 Å². The molecule has 0 saturated carbocycles. The van der Waals surface area contributed by atoms with E-state index in [0.29, 0.717) is 17.6 Å². The van der Waals surface area contributed by atoms with Crippen molar-refractivity contribution in [3.8, 4) is 0 Å². The van der Waals surface area contributed by atoms with E-state index in [1.165, 1.54) is 0 Å². The van der Waals surface area contributed by atoms with Crippen LogP contribution in [0.1, 0.15) is 65.4 Å². The van der Waals surface area contributed by atoms with Gasteiger partial charge in [-0.05, 0) is 43.7 Å². The molecule has 0 unspecified atom stereocenters. The van der Waals surface area contributed by atoms with Crippen molar-refractivity contribution in [2.45, 2.75) is 65.9 Å². The van der Waals surface area contributed by atoms with E-state index < -0.39 is 5.92 Å². The van der Waals surface area contributed by atoms with Crippen LogP contribution in [0.25, 0.3) is 0 Å². The molecule has 1 aliphatic heterocycles. The average Bonchev–Trinajstić information content (AvgIpc) is 2.59. The van der Waals surface area contributed by atoms with Gasteiger partial charge in [-0.25, -0.2) is 4.79 Å². The fourth-order valence-corrected chi connectivity index (χ4v) is 4.57. The standard InChI is InChI=1S/C23H28BrNO3/c1-6-13(2)28-22(27)19-14(3)25-17-11-23(4,5)12-18(26)21(17)20(19)15-9-7-8-10-16(15)24/h7-10,13,20,25H,6,11-12H2,1-5H3/t13-,20+/m1/s1. The molecule has 2 aliphatic rings. The number of halogens is 1. The van der Waals surface area contributed by atoms with Crippen LogP contribution in [0.15, 0.2) is 51.3 Å². The van der Waals surface area contributed by atoms with Gasteiger partial charge in [-0.15, -0.1) is 0 Å². The van der Waals surface area contributed by atoms with Gasteiger partial charge in [0.2, 0.25) is 0 Å². The molecule has 0 fully saturated rings. The van der Waals surface area contributed by atoms with Crippen LogP contribution >= 0.6 is 15.9 Å². The lowest BCUT2D eigenvalue weighted by Crippen LogP contribution is -2.39. The Bertz CT molecular complexity index is 882. The minimum atomic E-state index is -0.424. The summed E-state index contributed by atoms with van der Waals surface area (Å²) in [6.45, 7) is 9.98. The predicted molar refractivity (Wildman–Crippen MR) is 114 cm³/mol. The third-order valence-corrected chi connectivity index (χ3v) is 6.28. The predicted octanol–water partition coefficient (Wildman–Crippen LogP) is 5.39. The molecule has 1 aliphatic carbocycles. The first-order valence-electron chi connectivity index (χ1n) is 9.84. The van der Waals surface area contributed by atoms with E-state index in [-0.39, 0.29) is 23.3 Å². The van der Waals surface area contributed by atoms with Crippen LogP contribution in [0.5, 0.6) is 0 Å². The molecular weight excluding hydrogens is 418 g/mol. The summed E-state index contributed by atoms with van der Waals surface area (Å²) in [5, 5.41) is 3.37. The highest BCUT2D eigenvalue weighted by Gasteiger charge is 2.43. The van der Waals surface area contributed by atoms with E-state index in [2.05, 4.69) is 35.1 Å². The maximum atomic E-state index is 13.2. The van der Waals surface area contributed by atoms with Gasteiger partial charge in [0, 0.05) is 33.8 Å². The second-order valence-electron chi connectivity index (χ2n) is 8.58. The molecule has 0 amide bonds. The zero-order valence-corrected chi connectivity index (χ0v) is 18.8. The Morgan fingerprint density at radius 3 is 2.64 bits per heavy atom. The molecule has 150 valence electrons. The highest BCUT2D eigenvalue weighted by Crippen LogP contribution is 2.48. The number of carbonyl (C=O) groups is 2. The molecule has 1 N–H and O–H groups in total. The molecule has 0 bridgehead atoms. The first-order valence-corrected chi connectivity index (χ1v) is 10.6. The number of hydrogen-bond donors (Lipinski definition) is 1. The van der Waals surface area contributed by atoms with E-state index in [4.69, 9.17) is 4.74 Å². The lowest BCUT2D eigenvalue weighted by molar-refractivity contribution is -0.144. The third-order valence-electron chi connectivity index (χ3n) is 5.56. The van der Waals surface area contributed by atoms with Gasteiger partial charge in [0.15, 0.2) is 5.78 Å². The van der Waals surface area contributed by atoms with E-state index in [1.807, 2.05) is 45.0 Å². The van der Waals surface area contributed by atoms with Crippen LogP contribution in [-0.2, 0) is 14.3 Å². The van der Waals surface area contributed by atoms with Gasteiger partial charge in [0.1, 0.15) is 0 Å². The van der Waals surface area contributed by atoms with Crippen molar-refractivity contribution in [1.29, 1.82) is 0 Å². The SMILES string of the molecule is CC[C@@H](C)OC(=O)C1=C(C)NC2=C(C(=O)CC(C)(C)C2)[C@H]1c1ccccc1Br. The fraction of sp³-hybridized carbons (Fsp3) is 0.478. The van der Waals surface area contributed by atoms with Crippen LogP contribution in [-0.4, -0.2) is 17.9 Å². The minimum Gasteiger partial charge on any atom is -0.459 e. The molecule has 28 heavy (non-hydrogen) atoms. The summed E-state index contributed by atoms with van der Waals surface area (Å²) in [5.41, 5.74) is 3.74. The molecule has 2 atom stereocenters. The molecule has 5 heteroatoms. The van der Waals surface area contributed by atoms with Crippen LogP contribution < -0.4 is 5.32 Å². The van der Waals surface area contributed by atoms with Crippen molar-refractivity contribution >= 4 is 27.7 Å². The average molecular weight is 446 g/mol. The quantitative estimate of drug-likeness (QED) is 0.630. The van der Waals surface area contributed by atoms with E-state index in [1.54, 1.807) is 0 Å². The molecule has 0 radical (unpaired) electrons. The fourth-order valence-electron chi connectivity index (χ4n) is 4.06. The molecule has 1 aromatic carbocycles. The van der Waals surface area contributed by atoms with Gasteiger partial charge in [-0.3, -0.25) is 4.79 Å². The van der Waals surface area contributed by atoms with Crippen LogP contribution in [0.4, 0.5) is 0 Å². The van der Waals surface area contributed by atoms with E-state index in [9.17, 15) is 9.59 Å². The highest BCUT2D eigenvalue weighted by atomic mass is 79.9. The highest BCUT2D eigenvalue weighted by molar-refractivity contribution is 9.10. The molecule has 0 spiro atoms. The molecule has 1 aromatic rings. The zero-order chi connectivity index (χ0) is 20.6. The summed E-state index contributed by atoms with van der Waals surface area (Å²) in [6, 6.07) is 7.79. The smallest absolute Gasteiger partial charge is 0.337 e. The maximum Gasteiger partial charge on any atom is 0.337 e. The lowest BCUT2D eigenvalue weighted by atomic mass is 9.68. The first-order chi connectivity index (χ1) is 13.1.